The average Bonchev–Trinajstić information content (AvgIpc) is 2.13. The topological polar surface area (TPSA) is 70.5 Å². The van der Waals surface area contributed by atoms with E-state index in [0.29, 0.717) is 26.3 Å². The Balaban J connectivity index is 3.57. The van der Waals surface area contributed by atoms with Crippen molar-refractivity contribution < 1.29 is 9.47 Å². The minimum Gasteiger partial charge on any atom is -0.372 e. The van der Waals surface area contributed by atoms with Crippen molar-refractivity contribution in [1.29, 1.82) is 0 Å². The van der Waals surface area contributed by atoms with Crippen LogP contribution in [-0.4, -0.2) is 37.5 Å². The van der Waals surface area contributed by atoms with Gasteiger partial charge in [0.2, 0.25) is 0 Å². The lowest BCUT2D eigenvalue weighted by Crippen LogP contribution is -2.38. The zero-order valence-corrected chi connectivity index (χ0v) is 9.80. The first kappa shape index (κ1) is 13.8. The van der Waals surface area contributed by atoms with Gasteiger partial charge in [0, 0.05) is 13.1 Å². The van der Waals surface area contributed by atoms with E-state index in [1.165, 1.54) is 0 Å². The van der Waals surface area contributed by atoms with E-state index in [9.17, 15) is 0 Å². The molecule has 0 aliphatic carbocycles. The van der Waals surface area contributed by atoms with Gasteiger partial charge in [-0.25, -0.2) is 0 Å². The molecule has 0 radical (unpaired) electrons. The molecule has 0 aromatic carbocycles. The van der Waals surface area contributed by atoms with Crippen LogP contribution in [0.3, 0.4) is 0 Å². The first-order valence-corrected chi connectivity index (χ1v) is 5.01. The maximum absolute atomic E-state index is 5.53. The molecule has 0 aromatic heterocycles. The van der Waals surface area contributed by atoms with Crippen LogP contribution in [0.1, 0.15) is 27.7 Å². The van der Waals surface area contributed by atoms with Crippen LogP contribution in [0.25, 0.3) is 0 Å². The van der Waals surface area contributed by atoms with Gasteiger partial charge in [-0.3, -0.25) is 0 Å². The molecule has 0 amide bonds. The molecule has 0 spiro atoms. The van der Waals surface area contributed by atoms with Gasteiger partial charge in [-0.1, -0.05) is 0 Å². The highest BCUT2D eigenvalue weighted by Crippen LogP contribution is 2.08. The molecule has 0 aliphatic heterocycles. The van der Waals surface area contributed by atoms with E-state index in [-0.39, 0.29) is 11.2 Å². The lowest BCUT2D eigenvalue weighted by Gasteiger charge is -2.26. The second-order valence-electron chi connectivity index (χ2n) is 4.62. The molecule has 0 aromatic rings. The van der Waals surface area contributed by atoms with Crippen LogP contribution >= 0.6 is 0 Å². The van der Waals surface area contributed by atoms with Crippen molar-refractivity contribution in [1.82, 2.24) is 0 Å². The molecule has 0 bridgehead atoms. The molecule has 4 heteroatoms. The van der Waals surface area contributed by atoms with Crippen LogP contribution in [0.4, 0.5) is 0 Å². The van der Waals surface area contributed by atoms with Crippen LogP contribution in [0.15, 0.2) is 0 Å². The summed E-state index contributed by atoms with van der Waals surface area (Å²) >= 11 is 0. The van der Waals surface area contributed by atoms with Crippen LogP contribution in [0.5, 0.6) is 0 Å². The summed E-state index contributed by atoms with van der Waals surface area (Å²) in [5, 5.41) is 0. The lowest BCUT2D eigenvalue weighted by atomic mass is 10.1. The van der Waals surface area contributed by atoms with Crippen molar-refractivity contribution in [3.8, 4) is 0 Å². The quantitative estimate of drug-likeness (QED) is 0.592. The Morgan fingerprint density at radius 2 is 1.07 bits per heavy atom. The van der Waals surface area contributed by atoms with E-state index in [2.05, 4.69) is 0 Å². The lowest BCUT2D eigenvalue weighted by molar-refractivity contribution is -0.0777. The summed E-state index contributed by atoms with van der Waals surface area (Å²) in [6.07, 6.45) is 0. The molecule has 0 fully saturated rings. The summed E-state index contributed by atoms with van der Waals surface area (Å²) in [6.45, 7) is 9.95. The second-order valence-corrected chi connectivity index (χ2v) is 4.62. The summed E-state index contributed by atoms with van der Waals surface area (Å²) < 4.78 is 11.1. The summed E-state index contributed by atoms with van der Waals surface area (Å²) in [5.41, 5.74) is 10.5. The van der Waals surface area contributed by atoms with Gasteiger partial charge in [-0.2, -0.15) is 0 Å². The first-order chi connectivity index (χ1) is 6.33. The Labute approximate surface area is 86.9 Å². The fourth-order valence-electron chi connectivity index (χ4n) is 0.754. The molecule has 0 aliphatic rings. The summed E-state index contributed by atoms with van der Waals surface area (Å²) in [4.78, 5) is 0. The zero-order valence-electron chi connectivity index (χ0n) is 9.80. The van der Waals surface area contributed by atoms with Gasteiger partial charge in [0.25, 0.3) is 0 Å². The highest BCUT2D eigenvalue weighted by atomic mass is 16.5. The van der Waals surface area contributed by atoms with Crippen molar-refractivity contribution in [3.05, 3.63) is 0 Å². The third kappa shape index (κ3) is 6.32. The largest absolute Gasteiger partial charge is 0.372 e. The van der Waals surface area contributed by atoms with Crippen molar-refractivity contribution >= 4 is 0 Å². The summed E-state index contributed by atoms with van der Waals surface area (Å²) in [6, 6.07) is 0. The maximum atomic E-state index is 5.53. The van der Waals surface area contributed by atoms with Crippen LogP contribution < -0.4 is 11.5 Å². The number of ether oxygens (including phenoxy) is 2. The number of hydrogen-bond acceptors (Lipinski definition) is 4. The van der Waals surface area contributed by atoms with Gasteiger partial charge < -0.3 is 20.9 Å². The van der Waals surface area contributed by atoms with Crippen molar-refractivity contribution in [2.24, 2.45) is 11.5 Å². The SMILES string of the molecule is CC(C)(CN)OCCOC(C)(C)CN. The van der Waals surface area contributed by atoms with Gasteiger partial charge in [-0.15, -0.1) is 0 Å². The molecule has 86 valence electrons. The molecule has 0 atom stereocenters. The first-order valence-electron chi connectivity index (χ1n) is 5.01. The maximum Gasteiger partial charge on any atom is 0.0749 e. The third-order valence-corrected chi connectivity index (χ3v) is 2.05. The van der Waals surface area contributed by atoms with E-state index in [0.717, 1.165) is 0 Å². The highest BCUT2D eigenvalue weighted by Gasteiger charge is 2.18. The van der Waals surface area contributed by atoms with Crippen molar-refractivity contribution in [2.45, 2.75) is 38.9 Å². The molecule has 0 heterocycles. The Bertz CT molecular complexity index is 140. The highest BCUT2D eigenvalue weighted by molar-refractivity contribution is 4.70. The summed E-state index contributed by atoms with van der Waals surface area (Å²) in [5.74, 6) is 0. The summed E-state index contributed by atoms with van der Waals surface area (Å²) in [7, 11) is 0. The van der Waals surface area contributed by atoms with Gasteiger partial charge in [0.15, 0.2) is 0 Å². The Kier molecular flexibility index (Phi) is 5.59. The monoisotopic (exact) mass is 204 g/mol. The molecule has 0 saturated carbocycles. The smallest absolute Gasteiger partial charge is 0.0749 e. The predicted molar refractivity (Wildman–Crippen MR) is 58.2 cm³/mol. The van der Waals surface area contributed by atoms with Gasteiger partial charge >= 0.3 is 0 Å². The molecule has 4 nitrogen and oxygen atoms in total. The second kappa shape index (κ2) is 5.66. The predicted octanol–water partition coefficient (Wildman–Crippen LogP) is 0.494. The molecule has 4 N–H and O–H groups in total. The van der Waals surface area contributed by atoms with E-state index in [1.54, 1.807) is 0 Å². The number of hydrogen-bond donors (Lipinski definition) is 2. The van der Waals surface area contributed by atoms with Crippen LogP contribution in [0.2, 0.25) is 0 Å². The van der Waals surface area contributed by atoms with Gasteiger partial charge in [-0.05, 0) is 27.7 Å². The fourth-order valence-corrected chi connectivity index (χ4v) is 0.754. The molecular weight excluding hydrogens is 180 g/mol. The van der Waals surface area contributed by atoms with E-state index in [4.69, 9.17) is 20.9 Å². The van der Waals surface area contributed by atoms with E-state index in [1.807, 2.05) is 27.7 Å². The minimum atomic E-state index is -0.268. The van der Waals surface area contributed by atoms with Crippen LogP contribution in [0, 0.1) is 0 Å². The van der Waals surface area contributed by atoms with Crippen molar-refractivity contribution in [2.75, 3.05) is 26.3 Å². The van der Waals surface area contributed by atoms with Crippen LogP contribution in [-0.2, 0) is 9.47 Å². The Hall–Kier alpha value is -0.160. The molecule has 0 unspecified atom stereocenters. The van der Waals surface area contributed by atoms with E-state index < -0.39 is 0 Å². The normalized spacial score (nSPS) is 13.3. The molecule has 0 rings (SSSR count). The Morgan fingerprint density at radius 3 is 1.29 bits per heavy atom. The molecule has 14 heavy (non-hydrogen) atoms. The molecule has 0 saturated heterocycles. The fraction of sp³-hybridized carbons (Fsp3) is 1.00. The van der Waals surface area contributed by atoms with E-state index >= 15 is 0 Å². The Morgan fingerprint density at radius 1 is 0.786 bits per heavy atom. The number of rotatable bonds is 7. The van der Waals surface area contributed by atoms with Gasteiger partial charge in [0.05, 0.1) is 24.4 Å². The zero-order chi connectivity index (χ0) is 11.2. The standard InChI is InChI=1S/C10H24N2O2/c1-9(2,7-11)13-5-6-14-10(3,4)8-12/h5-8,11-12H2,1-4H3. The molecular formula is C10H24N2O2. The minimum absolute atomic E-state index is 0.268. The number of nitrogens with two attached hydrogens (primary N) is 2. The van der Waals surface area contributed by atoms with Crippen molar-refractivity contribution in [3.63, 3.8) is 0 Å². The third-order valence-electron chi connectivity index (χ3n) is 2.05. The average molecular weight is 204 g/mol. The van der Waals surface area contributed by atoms with Gasteiger partial charge in [0.1, 0.15) is 0 Å².